The summed E-state index contributed by atoms with van der Waals surface area (Å²) in [6.07, 6.45) is 0. The third-order valence-corrected chi connectivity index (χ3v) is 7.08. The topological polar surface area (TPSA) is 69.4 Å². The number of hydrogen-bond donors (Lipinski definition) is 1. The van der Waals surface area contributed by atoms with Crippen molar-refractivity contribution in [3.8, 4) is 0 Å². The molecule has 25 heavy (non-hydrogen) atoms. The minimum absolute atomic E-state index is 0.140. The Bertz CT molecular complexity index is 849. The molecule has 3 atom stereocenters. The largest absolute Gasteiger partial charge is 0.380 e. The number of ether oxygens (including phenoxy) is 1. The van der Waals surface area contributed by atoms with E-state index >= 15 is 0 Å². The van der Waals surface area contributed by atoms with Gasteiger partial charge in [-0.1, -0.05) is 29.8 Å². The van der Waals surface area contributed by atoms with Crippen molar-refractivity contribution in [2.24, 2.45) is 5.73 Å². The van der Waals surface area contributed by atoms with Gasteiger partial charge in [0.2, 0.25) is 0 Å². The van der Waals surface area contributed by atoms with Gasteiger partial charge in [-0.3, -0.25) is 0 Å². The molecule has 2 aromatic carbocycles. The highest BCUT2D eigenvalue weighted by Crippen LogP contribution is 2.55. The van der Waals surface area contributed by atoms with E-state index in [0.717, 1.165) is 5.56 Å². The maximum absolute atomic E-state index is 13.2. The van der Waals surface area contributed by atoms with Crippen molar-refractivity contribution in [2.75, 3.05) is 13.2 Å². The van der Waals surface area contributed by atoms with Crippen LogP contribution in [0, 0.1) is 12.7 Å². The van der Waals surface area contributed by atoms with Gasteiger partial charge in [0.1, 0.15) is 5.82 Å². The fourth-order valence-corrected chi connectivity index (χ4v) is 5.66. The van der Waals surface area contributed by atoms with Gasteiger partial charge in [-0.05, 0) is 43.7 Å². The fourth-order valence-electron chi connectivity index (χ4n) is 3.37. The highest BCUT2D eigenvalue weighted by molar-refractivity contribution is 7.92. The van der Waals surface area contributed by atoms with Crippen LogP contribution < -0.4 is 5.73 Å². The van der Waals surface area contributed by atoms with Gasteiger partial charge in [0.05, 0.1) is 22.3 Å². The first kappa shape index (κ1) is 18.0. The molecule has 1 saturated carbocycles. The molecule has 3 unspecified atom stereocenters. The second-order valence-corrected chi connectivity index (χ2v) is 8.63. The summed E-state index contributed by atoms with van der Waals surface area (Å²) in [5, 5.41) is -0.792. The Labute approximate surface area is 147 Å². The molecule has 2 N–H and O–H groups in total. The van der Waals surface area contributed by atoms with Gasteiger partial charge in [0.25, 0.3) is 0 Å². The van der Waals surface area contributed by atoms with Gasteiger partial charge in [0, 0.05) is 12.5 Å². The normalized spacial score (nSPS) is 25.8. The zero-order chi connectivity index (χ0) is 18.2. The van der Waals surface area contributed by atoms with Crippen molar-refractivity contribution in [1.82, 2.24) is 0 Å². The average Bonchev–Trinajstić information content (AvgIpc) is 3.21. The molecule has 1 fully saturated rings. The van der Waals surface area contributed by atoms with Crippen molar-refractivity contribution in [3.05, 3.63) is 65.5 Å². The van der Waals surface area contributed by atoms with E-state index in [1.165, 1.54) is 12.1 Å². The summed E-state index contributed by atoms with van der Waals surface area (Å²) in [6, 6.07) is 12.6. The van der Waals surface area contributed by atoms with Crippen LogP contribution in [-0.4, -0.2) is 32.4 Å². The Hall–Kier alpha value is -1.76. The van der Waals surface area contributed by atoms with Crippen LogP contribution in [0.4, 0.5) is 4.39 Å². The van der Waals surface area contributed by atoms with Crippen LogP contribution in [0.5, 0.6) is 0 Å². The Morgan fingerprint density at radius 1 is 1.12 bits per heavy atom. The number of benzene rings is 2. The fraction of sp³-hybridized carbons (Fsp3) is 0.368. The number of halogens is 1. The van der Waals surface area contributed by atoms with Gasteiger partial charge in [0.15, 0.2) is 9.84 Å². The minimum atomic E-state index is -3.63. The number of nitrogens with two attached hydrogens (primary N) is 1. The highest BCUT2D eigenvalue weighted by Gasteiger charge is 2.69. The molecule has 0 aliphatic heterocycles. The predicted molar refractivity (Wildman–Crippen MR) is 94.7 cm³/mol. The smallest absolute Gasteiger partial charge is 0.183 e. The Morgan fingerprint density at radius 3 is 2.28 bits per heavy atom. The quantitative estimate of drug-likeness (QED) is 0.857. The average molecular weight is 363 g/mol. The van der Waals surface area contributed by atoms with E-state index in [1.54, 1.807) is 36.4 Å². The Balaban J connectivity index is 1.99. The van der Waals surface area contributed by atoms with Crippen molar-refractivity contribution in [2.45, 2.75) is 35.4 Å². The van der Waals surface area contributed by atoms with Crippen molar-refractivity contribution in [3.63, 3.8) is 0 Å². The molecule has 1 aliphatic carbocycles. The molecule has 0 spiro atoms. The van der Waals surface area contributed by atoms with Crippen LogP contribution in [0.2, 0.25) is 0 Å². The second-order valence-electron chi connectivity index (χ2n) is 6.56. The monoisotopic (exact) mass is 363 g/mol. The molecule has 0 saturated heterocycles. The summed E-state index contributed by atoms with van der Waals surface area (Å²) in [5.41, 5.74) is 7.13. The van der Waals surface area contributed by atoms with Gasteiger partial charge >= 0.3 is 0 Å². The molecule has 0 bridgehead atoms. The van der Waals surface area contributed by atoms with Gasteiger partial charge in [-0.2, -0.15) is 0 Å². The van der Waals surface area contributed by atoms with E-state index in [-0.39, 0.29) is 17.3 Å². The molecule has 4 nitrogen and oxygen atoms in total. The molecule has 0 amide bonds. The number of sulfone groups is 1. The number of aryl methyl sites for hydroxylation is 1. The molecule has 134 valence electrons. The highest BCUT2D eigenvalue weighted by atomic mass is 32.2. The minimum Gasteiger partial charge on any atom is -0.380 e. The molecule has 0 aromatic heterocycles. The standard InChI is InChI=1S/C19H22FNO3S/c1-3-24-12-19(21)17(14-6-8-15(20)9-7-14)18(19)25(22,23)16-10-4-13(2)5-11-16/h4-11,17-18H,3,12,21H2,1-2H3. The van der Waals surface area contributed by atoms with Gasteiger partial charge in [-0.25, -0.2) is 12.8 Å². The second kappa shape index (κ2) is 6.52. The lowest BCUT2D eigenvalue weighted by atomic mass is 10.1. The summed E-state index contributed by atoms with van der Waals surface area (Å²) >= 11 is 0. The van der Waals surface area contributed by atoms with E-state index in [0.29, 0.717) is 12.2 Å². The van der Waals surface area contributed by atoms with E-state index < -0.39 is 26.5 Å². The number of rotatable bonds is 6. The van der Waals surface area contributed by atoms with Crippen molar-refractivity contribution in [1.29, 1.82) is 0 Å². The first-order valence-corrected chi connectivity index (χ1v) is 9.78. The lowest BCUT2D eigenvalue weighted by Crippen LogP contribution is -2.36. The van der Waals surface area contributed by atoms with E-state index in [4.69, 9.17) is 10.5 Å². The predicted octanol–water partition coefficient (Wildman–Crippen LogP) is 2.81. The van der Waals surface area contributed by atoms with Crippen LogP contribution in [0.3, 0.4) is 0 Å². The summed E-state index contributed by atoms with van der Waals surface area (Å²) in [4.78, 5) is 0.249. The molecule has 0 heterocycles. The summed E-state index contributed by atoms with van der Waals surface area (Å²) in [6.45, 7) is 4.33. The van der Waals surface area contributed by atoms with E-state index in [2.05, 4.69) is 0 Å². The van der Waals surface area contributed by atoms with Crippen LogP contribution in [0.1, 0.15) is 24.0 Å². The third kappa shape index (κ3) is 3.21. The van der Waals surface area contributed by atoms with Crippen LogP contribution in [-0.2, 0) is 14.6 Å². The maximum atomic E-state index is 13.2. The first-order chi connectivity index (χ1) is 11.8. The molecular weight excluding hydrogens is 341 g/mol. The summed E-state index contributed by atoms with van der Waals surface area (Å²) < 4.78 is 44.9. The SMILES string of the molecule is CCOCC1(N)C(c2ccc(F)cc2)C1S(=O)(=O)c1ccc(C)cc1. The lowest BCUT2D eigenvalue weighted by molar-refractivity contribution is 0.125. The molecule has 1 aliphatic rings. The zero-order valence-electron chi connectivity index (χ0n) is 14.3. The maximum Gasteiger partial charge on any atom is 0.183 e. The van der Waals surface area contributed by atoms with Crippen molar-refractivity contribution < 1.29 is 17.5 Å². The summed E-state index contributed by atoms with van der Waals surface area (Å²) in [5.74, 6) is -0.791. The van der Waals surface area contributed by atoms with Crippen molar-refractivity contribution >= 4 is 9.84 Å². The van der Waals surface area contributed by atoms with Gasteiger partial charge in [-0.15, -0.1) is 0 Å². The zero-order valence-corrected chi connectivity index (χ0v) is 15.1. The molecule has 2 aromatic rings. The van der Waals surface area contributed by atoms with E-state index in [9.17, 15) is 12.8 Å². The number of hydrogen-bond acceptors (Lipinski definition) is 4. The van der Waals surface area contributed by atoms with Crippen LogP contribution in [0.15, 0.2) is 53.4 Å². The van der Waals surface area contributed by atoms with Crippen LogP contribution >= 0.6 is 0 Å². The molecule has 6 heteroatoms. The summed E-state index contributed by atoms with van der Waals surface area (Å²) in [7, 11) is -3.63. The molecular formula is C19H22FNO3S. The molecule has 0 radical (unpaired) electrons. The first-order valence-electron chi connectivity index (χ1n) is 8.23. The van der Waals surface area contributed by atoms with Crippen LogP contribution in [0.25, 0.3) is 0 Å². The lowest BCUT2D eigenvalue weighted by Gasteiger charge is -2.12. The van der Waals surface area contributed by atoms with E-state index in [1.807, 2.05) is 13.8 Å². The Morgan fingerprint density at radius 2 is 1.72 bits per heavy atom. The third-order valence-electron chi connectivity index (χ3n) is 4.77. The molecule has 3 rings (SSSR count). The Kier molecular flexibility index (Phi) is 4.70. The van der Waals surface area contributed by atoms with Gasteiger partial charge < -0.3 is 10.5 Å².